The van der Waals surface area contributed by atoms with Gasteiger partial charge in [-0.15, -0.1) is 0 Å². The van der Waals surface area contributed by atoms with Crippen molar-refractivity contribution in [3.05, 3.63) is 35.4 Å². The summed E-state index contributed by atoms with van der Waals surface area (Å²) in [7, 11) is 0. The van der Waals surface area contributed by atoms with Crippen molar-refractivity contribution in [2.24, 2.45) is 0 Å². The SMILES string of the molecule is O=C(NCCOC[C@@H]1CCCO1)N1CCc2ccccc2C1. The van der Waals surface area contributed by atoms with Crippen molar-refractivity contribution in [2.45, 2.75) is 31.9 Å². The molecule has 120 valence electrons. The number of hydrogen-bond donors (Lipinski definition) is 1. The predicted molar refractivity (Wildman–Crippen MR) is 83.7 cm³/mol. The molecule has 2 aliphatic heterocycles. The number of carbonyl (C=O) groups is 1. The van der Waals surface area contributed by atoms with E-state index in [-0.39, 0.29) is 12.1 Å². The number of hydrogen-bond acceptors (Lipinski definition) is 3. The van der Waals surface area contributed by atoms with Crippen molar-refractivity contribution in [2.75, 3.05) is 32.9 Å². The monoisotopic (exact) mass is 304 g/mol. The van der Waals surface area contributed by atoms with Crippen molar-refractivity contribution >= 4 is 6.03 Å². The van der Waals surface area contributed by atoms with Crippen molar-refractivity contribution in [1.82, 2.24) is 10.2 Å². The van der Waals surface area contributed by atoms with E-state index in [0.29, 0.717) is 26.3 Å². The topological polar surface area (TPSA) is 50.8 Å². The third-order valence-electron chi connectivity index (χ3n) is 4.27. The minimum absolute atomic E-state index is 0.00443. The van der Waals surface area contributed by atoms with Crippen LogP contribution in [0, 0.1) is 0 Å². The lowest BCUT2D eigenvalue weighted by Gasteiger charge is -2.29. The number of fused-ring (bicyclic) bond motifs is 1. The molecule has 0 saturated carbocycles. The van der Waals surface area contributed by atoms with E-state index in [1.807, 2.05) is 11.0 Å². The maximum absolute atomic E-state index is 12.2. The maximum atomic E-state index is 12.2. The highest BCUT2D eigenvalue weighted by Crippen LogP contribution is 2.18. The summed E-state index contributed by atoms with van der Waals surface area (Å²) in [6, 6.07) is 8.32. The first-order valence-electron chi connectivity index (χ1n) is 8.12. The first-order valence-corrected chi connectivity index (χ1v) is 8.12. The largest absolute Gasteiger partial charge is 0.377 e. The molecule has 1 atom stereocenters. The smallest absolute Gasteiger partial charge is 0.317 e. The van der Waals surface area contributed by atoms with Crippen LogP contribution in [0.5, 0.6) is 0 Å². The summed E-state index contributed by atoms with van der Waals surface area (Å²) in [5.74, 6) is 0. The Bertz CT molecular complexity index is 500. The summed E-state index contributed by atoms with van der Waals surface area (Å²) >= 11 is 0. The Morgan fingerprint density at radius 1 is 1.36 bits per heavy atom. The number of urea groups is 1. The summed E-state index contributed by atoms with van der Waals surface area (Å²) in [5.41, 5.74) is 2.60. The van der Waals surface area contributed by atoms with Crippen molar-refractivity contribution in [3.63, 3.8) is 0 Å². The zero-order valence-corrected chi connectivity index (χ0v) is 12.9. The quantitative estimate of drug-likeness (QED) is 0.846. The average Bonchev–Trinajstić information content (AvgIpc) is 3.07. The fourth-order valence-corrected chi connectivity index (χ4v) is 3.00. The Labute approximate surface area is 131 Å². The van der Waals surface area contributed by atoms with E-state index in [1.165, 1.54) is 11.1 Å². The molecule has 0 aliphatic carbocycles. The molecule has 5 nitrogen and oxygen atoms in total. The fourth-order valence-electron chi connectivity index (χ4n) is 3.00. The van der Waals surface area contributed by atoms with E-state index in [4.69, 9.17) is 9.47 Å². The van der Waals surface area contributed by atoms with Crippen LogP contribution in [0.4, 0.5) is 4.79 Å². The summed E-state index contributed by atoms with van der Waals surface area (Å²) < 4.78 is 11.0. The molecule has 0 unspecified atom stereocenters. The van der Waals surface area contributed by atoms with Crippen molar-refractivity contribution in [3.8, 4) is 0 Å². The minimum atomic E-state index is -0.00443. The molecule has 0 aromatic heterocycles. The number of nitrogens with one attached hydrogen (secondary N) is 1. The number of nitrogens with zero attached hydrogens (tertiary/aromatic N) is 1. The molecule has 22 heavy (non-hydrogen) atoms. The number of carbonyl (C=O) groups excluding carboxylic acids is 1. The minimum Gasteiger partial charge on any atom is -0.377 e. The van der Waals surface area contributed by atoms with Gasteiger partial charge >= 0.3 is 6.03 Å². The second-order valence-electron chi connectivity index (χ2n) is 5.88. The molecular weight excluding hydrogens is 280 g/mol. The molecule has 0 bridgehead atoms. The van der Waals surface area contributed by atoms with E-state index in [9.17, 15) is 4.79 Å². The lowest BCUT2D eigenvalue weighted by molar-refractivity contribution is 0.0186. The maximum Gasteiger partial charge on any atom is 0.317 e. The predicted octanol–water partition coefficient (Wildman–Crippen LogP) is 1.95. The molecule has 0 radical (unpaired) electrons. The lowest BCUT2D eigenvalue weighted by atomic mass is 10.0. The van der Waals surface area contributed by atoms with Gasteiger partial charge in [0.2, 0.25) is 0 Å². The molecule has 1 saturated heterocycles. The molecule has 1 N–H and O–H groups in total. The normalized spacial score (nSPS) is 20.7. The molecule has 2 aliphatic rings. The first kappa shape index (κ1) is 15.3. The summed E-state index contributed by atoms with van der Waals surface area (Å²) in [4.78, 5) is 14.0. The molecule has 1 aromatic rings. The third kappa shape index (κ3) is 3.99. The van der Waals surface area contributed by atoms with Gasteiger partial charge in [-0.25, -0.2) is 4.79 Å². The van der Waals surface area contributed by atoms with Gasteiger partial charge in [-0.1, -0.05) is 24.3 Å². The van der Waals surface area contributed by atoms with Gasteiger partial charge in [0.1, 0.15) is 0 Å². The van der Waals surface area contributed by atoms with E-state index < -0.39 is 0 Å². The van der Waals surface area contributed by atoms with Crippen LogP contribution in [0.3, 0.4) is 0 Å². The molecule has 2 amide bonds. The number of rotatable bonds is 5. The molecule has 1 fully saturated rings. The highest BCUT2D eigenvalue weighted by atomic mass is 16.5. The van der Waals surface area contributed by atoms with Crippen LogP contribution in [0.25, 0.3) is 0 Å². The summed E-state index contributed by atoms with van der Waals surface area (Å²) in [6.07, 6.45) is 3.38. The Hall–Kier alpha value is -1.59. The standard InChI is InChI=1S/C17H24N2O3/c20-17(18-8-11-21-13-16-6-3-10-22-16)19-9-7-14-4-1-2-5-15(14)12-19/h1-2,4-5,16H,3,6-13H2,(H,18,20)/t16-/m0/s1. The van der Waals surface area contributed by atoms with Crippen LogP contribution in [0.15, 0.2) is 24.3 Å². The zero-order chi connectivity index (χ0) is 15.2. The Balaban J connectivity index is 1.34. The van der Waals surface area contributed by atoms with Gasteiger partial charge < -0.3 is 19.7 Å². The molecule has 2 heterocycles. The Morgan fingerprint density at radius 2 is 2.23 bits per heavy atom. The van der Waals surface area contributed by atoms with Gasteiger partial charge in [-0.2, -0.15) is 0 Å². The number of amides is 2. The van der Waals surface area contributed by atoms with Gasteiger partial charge in [0.15, 0.2) is 0 Å². The number of ether oxygens (including phenoxy) is 2. The van der Waals surface area contributed by atoms with Gasteiger partial charge in [0, 0.05) is 26.2 Å². The fraction of sp³-hybridized carbons (Fsp3) is 0.588. The highest BCUT2D eigenvalue weighted by molar-refractivity contribution is 5.74. The third-order valence-corrected chi connectivity index (χ3v) is 4.27. The molecule has 0 spiro atoms. The Morgan fingerprint density at radius 3 is 3.05 bits per heavy atom. The second kappa shape index (κ2) is 7.61. The Kier molecular flexibility index (Phi) is 5.29. The second-order valence-corrected chi connectivity index (χ2v) is 5.88. The van der Waals surface area contributed by atoms with Crippen LogP contribution in [-0.4, -0.2) is 49.9 Å². The highest BCUT2D eigenvalue weighted by Gasteiger charge is 2.20. The van der Waals surface area contributed by atoms with Crippen molar-refractivity contribution in [1.29, 1.82) is 0 Å². The van der Waals surface area contributed by atoms with E-state index in [2.05, 4.69) is 23.5 Å². The van der Waals surface area contributed by atoms with E-state index in [0.717, 1.165) is 32.4 Å². The summed E-state index contributed by atoms with van der Waals surface area (Å²) in [6.45, 7) is 4.03. The van der Waals surface area contributed by atoms with Crippen LogP contribution in [-0.2, 0) is 22.4 Å². The van der Waals surface area contributed by atoms with Crippen LogP contribution in [0.2, 0.25) is 0 Å². The van der Waals surface area contributed by atoms with Crippen LogP contribution < -0.4 is 5.32 Å². The molecule has 1 aromatic carbocycles. The number of benzene rings is 1. The van der Waals surface area contributed by atoms with E-state index >= 15 is 0 Å². The average molecular weight is 304 g/mol. The lowest BCUT2D eigenvalue weighted by Crippen LogP contribution is -2.43. The molecule has 3 rings (SSSR count). The van der Waals surface area contributed by atoms with Crippen LogP contribution in [0.1, 0.15) is 24.0 Å². The molecule has 5 heteroatoms. The first-order chi connectivity index (χ1) is 10.8. The van der Waals surface area contributed by atoms with Gasteiger partial charge in [-0.3, -0.25) is 0 Å². The summed E-state index contributed by atoms with van der Waals surface area (Å²) in [5, 5.41) is 2.93. The van der Waals surface area contributed by atoms with E-state index in [1.54, 1.807) is 0 Å². The van der Waals surface area contributed by atoms with Gasteiger partial charge in [-0.05, 0) is 30.4 Å². The van der Waals surface area contributed by atoms with Crippen LogP contribution >= 0.6 is 0 Å². The van der Waals surface area contributed by atoms with Gasteiger partial charge in [0.25, 0.3) is 0 Å². The molecular formula is C17H24N2O3. The van der Waals surface area contributed by atoms with Crippen molar-refractivity contribution < 1.29 is 14.3 Å². The zero-order valence-electron chi connectivity index (χ0n) is 12.9. The van der Waals surface area contributed by atoms with Gasteiger partial charge in [0.05, 0.1) is 19.3 Å².